The molecule has 0 aromatic rings. The van der Waals surface area contributed by atoms with Crippen molar-refractivity contribution in [1.29, 1.82) is 0 Å². The number of nitrogens with one attached hydrogen (secondary N) is 1. The molecule has 1 aliphatic heterocycles. The molecule has 11 heavy (non-hydrogen) atoms. The second kappa shape index (κ2) is 2.73. The minimum Gasteiger partial charge on any atom is -0.361 e. The van der Waals surface area contributed by atoms with Crippen molar-refractivity contribution in [1.82, 2.24) is 15.7 Å². The third-order valence-electron chi connectivity index (χ3n) is 1.10. The molecule has 0 fully saturated rings. The zero-order valence-corrected chi connectivity index (χ0v) is 6.17. The molecule has 0 saturated carbocycles. The smallest absolute Gasteiger partial charge is 0.212 e. The van der Waals surface area contributed by atoms with Gasteiger partial charge in [-0.05, 0) is 5.34 Å². The molecule has 0 aliphatic carbocycles. The van der Waals surface area contributed by atoms with Crippen LogP contribution in [0.4, 0.5) is 8.87 Å². The first-order valence-electron chi connectivity index (χ1n) is 2.95. The molecule has 0 atom stereocenters. The number of hydrazone groups is 1. The van der Waals surface area contributed by atoms with Crippen LogP contribution in [0.15, 0.2) is 17.1 Å². The maximum absolute atomic E-state index is 12.4. The predicted molar refractivity (Wildman–Crippen MR) is 36.4 cm³/mol. The van der Waals surface area contributed by atoms with Crippen LogP contribution in [0, 0.1) is 0 Å². The van der Waals surface area contributed by atoms with E-state index in [9.17, 15) is 8.87 Å². The van der Waals surface area contributed by atoms with Crippen molar-refractivity contribution >= 4 is 5.84 Å². The zero-order valence-electron chi connectivity index (χ0n) is 6.17. The molecular formula is C5H8F2N4. The van der Waals surface area contributed by atoms with Gasteiger partial charge in [-0.2, -0.15) is 4.39 Å². The number of likely N-dealkylation sites (N-methyl/N-ethyl adjacent to an activating group) is 1. The fraction of sp³-hybridized carbons (Fsp3) is 0.400. The van der Waals surface area contributed by atoms with E-state index in [0.29, 0.717) is 0 Å². The summed E-state index contributed by atoms with van der Waals surface area (Å²) < 4.78 is 24.7. The van der Waals surface area contributed by atoms with Crippen LogP contribution in [0.2, 0.25) is 0 Å². The van der Waals surface area contributed by atoms with Gasteiger partial charge in [0.2, 0.25) is 5.95 Å². The second-order valence-electron chi connectivity index (χ2n) is 2.22. The third-order valence-corrected chi connectivity index (χ3v) is 1.10. The van der Waals surface area contributed by atoms with E-state index in [1.54, 1.807) is 19.5 Å². The lowest BCUT2D eigenvalue weighted by Crippen LogP contribution is -2.34. The Morgan fingerprint density at radius 3 is 2.73 bits per heavy atom. The SMILES string of the molecule is CN(C)C1=NN(F)NC(F)=C1. The van der Waals surface area contributed by atoms with Crippen LogP contribution >= 0.6 is 0 Å². The van der Waals surface area contributed by atoms with Gasteiger partial charge in [0.05, 0.1) is 0 Å². The standard InChI is InChI=1S/C5H8F2N4/c1-10(2)5-3-4(6)8-11(7)9-5/h3,8H,1-2H3. The van der Waals surface area contributed by atoms with E-state index in [-0.39, 0.29) is 11.2 Å². The first-order valence-corrected chi connectivity index (χ1v) is 2.95. The summed E-state index contributed by atoms with van der Waals surface area (Å²) in [4.78, 5) is 1.49. The number of hydrazine groups is 1. The number of hydrogen-bond acceptors (Lipinski definition) is 4. The van der Waals surface area contributed by atoms with Gasteiger partial charge in [0.15, 0.2) is 5.84 Å². The van der Waals surface area contributed by atoms with Gasteiger partial charge in [-0.25, -0.2) is 5.43 Å². The van der Waals surface area contributed by atoms with Gasteiger partial charge in [-0.15, -0.1) is 5.10 Å². The van der Waals surface area contributed by atoms with E-state index in [4.69, 9.17) is 0 Å². The monoisotopic (exact) mass is 162 g/mol. The lowest BCUT2D eigenvalue weighted by atomic mass is 10.5. The summed E-state index contributed by atoms with van der Waals surface area (Å²) in [7, 11) is 3.28. The quantitative estimate of drug-likeness (QED) is 0.412. The molecule has 0 spiro atoms. The van der Waals surface area contributed by atoms with Crippen LogP contribution in [0.25, 0.3) is 0 Å². The summed E-state index contributed by atoms with van der Waals surface area (Å²) in [6, 6.07) is 0. The topological polar surface area (TPSA) is 30.9 Å². The fourth-order valence-electron chi connectivity index (χ4n) is 0.596. The molecule has 6 heteroatoms. The summed E-state index contributed by atoms with van der Waals surface area (Å²) in [5.74, 6) is -0.560. The molecule has 0 saturated heterocycles. The van der Waals surface area contributed by atoms with Crippen LogP contribution in [0.3, 0.4) is 0 Å². The molecule has 0 unspecified atom stereocenters. The molecule has 0 radical (unpaired) electrons. The van der Waals surface area contributed by atoms with Crippen LogP contribution in [-0.2, 0) is 0 Å². The fourth-order valence-corrected chi connectivity index (χ4v) is 0.596. The summed E-state index contributed by atoms with van der Waals surface area (Å²) in [6.45, 7) is 0. The first kappa shape index (κ1) is 7.77. The average Bonchev–Trinajstić information content (AvgIpc) is 1.85. The van der Waals surface area contributed by atoms with Crippen molar-refractivity contribution in [2.75, 3.05) is 14.1 Å². The highest BCUT2D eigenvalue weighted by molar-refractivity contribution is 5.92. The minimum absolute atomic E-state index is 0.176. The molecule has 0 amide bonds. The van der Waals surface area contributed by atoms with Crippen molar-refractivity contribution in [3.05, 3.63) is 12.0 Å². The molecule has 1 aliphatic rings. The molecule has 62 valence electrons. The Morgan fingerprint density at radius 2 is 2.27 bits per heavy atom. The van der Waals surface area contributed by atoms with Gasteiger partial charge in [-0.3, -0.25) is 0 Å². The molecule has 1 rings (SSSR count). The highest BCUT2D eigenvalue weighted by atomic mass is 19.2. The molecule has 0 aromatic carbocycles. The minimum atomic E-state index is -0.772. The Labute approximate surface area is 62.7 Å². The Balaban J connectivity index is 2.78. The Morgan fingerprint density at radius 1 is 1.64 bits per heavy atom. The summed E-state index contributed by atoms with van der Waals surface area (Å²) in [6.07, 6.45) is 1.09. The van der Waals surface area contributed by atoms with Gasteiger partial charge >= 0.3 is 0 Å². The summed E-state index contributed by atoms with van der Waals surface area (Å²) >= 11 is 0. The molecule has 0 aromatic heterocycles. The summed E-state index contributed by atoms with van der Waals surface area (Å²) in [5.41, 5.74) is 1.71. The number of halogens is 2. The van der Waals surface area contributed by atoms with E-state index in [0.717, 1.165) is 6.08 Å². The largest absolute Gasteiger partial charge is 0.361 e. The van der Waals surface area contributed by atoms with Crippen molar-refractivity contribution < 1.29 is 8.87 Å². The normalized spacial score (nSPS) is 16.9. The molecule has 4 nitrogen and oxygen atoms in total. The number of nitrogens with zero attached hydrogens (tertiary/aromatic N) is 3. The van der Waals surface area contributed by atoms with Crippen LogP contribution in [0.5, 0.6) is 0 Å². The van der Waals surface area contributed by atoms with Crippen molar-refractivity contribution in [3.63, 3.8) is 0 Å². The van der Waals surface area contributed by atoms with Gasteiger partial charge in [-0.1, -0.05) is 4.48 Å². The number of amidine groups is 1. The molecule has 0 bridgehead atoms. The maximum Gasteiger partial charge on any atom is 0.212 e. The molecule has 1 N–H and O–H groups in total. The van der Waals surface area contributed by atoms with E-state index in [1.807, 2.05) is 0 Å². The van der Waals surface area contributed by atoms with E-state index in [1.165, 1.54) is 4.90 Å². The van der Waals surface area contributed by atoms with Crippen LogP contribution in [-0.4, -0.2) is 30.2 Å². The Hall–Kier alpha value is -1.33. The van der Waals surface area contributed by atoms with E-state index >= 15 is 0 Å². The zero-order chi connectivity index (χ0) is 8.43. The van der Waals surface area contributed by atoms with Crippen LogP contribution in [0.1, 0.15) is 0 Å². The lowest BCUT2D eigenvalue weighted by molar-refractivity contribution is -0.0290. The van der Waals surface area contributed by atoms with Crippen LogP contribution < -0.4 is 5.43 Å². The third kappa shape index (κ3) is 1.79. The predicted octanol–water partition coefficient (Wildman–Crippen LogP) is 0.377. The summed E-state index contributed by atoms with van der Waals surface area (Å²) in [5, 5.41) is 3.14. The highest BCUT2D eigenvalue weighted by Gasteiger charge is 2.12. The van der Waals surface area contributed by atoms with Gasteiger partial charge in [0.25, 0.3) is 0 Å². The first-order chi connectivity index (χ1) is 5.09. The molecule has 1 heterocycles. The van der Waals surface area contributed by atoms with E-state index in [2.05, 4.69) is 5.10 Å². The van der Waals surface area contributed by atoms with Gasteiger partial charge < -0.3 is 4.90 Å². The molecular weight excluding hydrogens is 154 g/mol. The van der Waals surface area contributed by atoms with Crippen molar-refractivity contribution in [3.8, 4) is 0 Å². The van der Waals surface area contributed by atoms with E-state index < -0.39 is 5.95 Å². The van der Waals surface area contributed by atoms with Gasteiger partial charge in [0, 0.05) is 20.2 Å². The van der Waals surface area contributed by atoms with Gasteiger partial charge in [0.1, 0.15) is 0 Å². The van der Waals surface area contributed by atoms with Crippen molar-refractivity contribution in [2.24, 2.45) is 5.10 Å². The number of hydrogen-bond donors (Lipinski definition) is 1. The Kier molecular flexibility index (Phi) is 1.93. The Bertz CT molecular complexity index is 211. The van der Waals surface area contributed by atoms with Crippen molar-refractivity contribution in [2.45, 2.75) is 0 Å². The second-order valence-corrected chi connectivity index (χ2v) is 2.22. The maximum atomic E-state index is 12.4. The lowest BCUT2D eigenvalue weighted by Gasteiger charge is -2.19. The average molecular weight is 162 g/mol. The number of rotatable bonds is 0. The highest BCUT2D eigenvalue weighted by Crippen LogP contribution is 2.04.